The first-order valence-corrected chi connectivity index (χ1v) is 9.09. The first kappa shape index (κ1) is 21.5. The molecule has 0 aromatic heterocycles. The zero-order valence-corrected chi connectivity index (χ0v) is 16.4. The number of ether oxygens (including phenoxy) is 3. The van der Waals surface area contributed by atoms with E-state index in [0.717, 1.165) is 12.1 Å². The number of methoxy groups -OCH3 is 1. The lowest BCUT2D eigenvalue weighted by atomic mass is 10.1. The van der Waals surface area contributed by atoms with E-state index in [1.807, 2.05) is 0 Å². The van der Waals surface area contributed by atoms with Gasteiger partial charge in [0.15, 0.2) is 0 Å². The molecule has 0 radical (unpaired) electrons. The molecule has 0 saturated heterocycles. The summed E-state index contributed by atoms with van der Waals surface area (Å²) in [5.41, 5.74) is -0.327. The third-order valence-corrected chi connectivity index (χ3v) is 4.31. The SMILES string of the molecule is COC(=O)C(Oc1ccc(Cl)cc1)c1ccc(Oc2cccc(C(F)(F)F)c2)cc1. The van der Waals surface area contributed by atoms with Gasteiger partial charge in [-0.25, -0.2) is 4.79 Å². The Hall–Kier alpha value is -3.19. The summed E-state index contributed by atoms with van der Waals surface area (Å²) < 4.78 is 54.5. The maximum atomic E-state index is 12.8. The van der Waals surface area contributed by atoms with Crippen molar-refractivity contribution in [3.63, 3.8) is 0 Å². The van der Waals surface area contributed by atoms with Gasteiger partial charge in [-0.1, -0.05) is 29.8 Å². The standard InChI is InChI=1S/C22H16ClF3O4/c1-28-21(27)20(30-18-11-7-16(23)8-12-18)14-5-9-17(10-6-14)29-19-4-2-3-15(13-19)22(24,25)26/h2-13,20H,1H3. The molecule has 3 aromatic rings. The zero-order valence-electron chi connectivity index (χ0n) is 15.7. The number of hydrogen-bond donors (Lipinski definition) is 0. The van der Waals surface area contributed by atoms with Crippen LogP contribution in [-0.2, 0) is 15.7 Å². The number of rotatable bonds is 6. The molecule has 156 valence electrons. The molecule has 8 heteroatoms. The van der Waals surface area contributed by atoms with Crippen molar-refractivity contribution in [2.45, 2.75) is 12.3 Å². The molecule has 0 N–H and O–H groups in total. The maximum Gasteiger partial charge on any atom is 0.416 e. The highest BCUT2D eigenvalue weighted by Crippen LogP contribution is 2.33. The second-order valence-electron chi connectivity index (χ2n) is 6.17. The largest absolute Gasteiger partial charge is 0.474 e. The maximum absolute atomic E-state index is 12.8. The van der Waals surface area contributed by atoms with Crippen molar-refractivity contribution in [1.82, 2.24) is 0 Å². The molecule has 1 unspecified atom stereocenters. The van der Waals surface area contributed by atoms with Crippen LogP contribution in [0.15, 0.2) is 72.8 Å². The number of benzene rings is 3. The first-order valence-electron chi connectivity index (χ1n) is 8.71. The molecule has 0 aliphatic carbocycles. The molecule has 0 saturated carbocycles. The third kappa shape index (κ3) is 5.45. The number of hydrogen-bond acceptors (Lipinski definition) is 4. The quantitative estimate of drug-likeness (QED) is 0.417. The average Bonchev–Trinajstić information content (AvgIpc) is 2.73. The van der Waals surface area contributed by atoms with Crippen molar-refractivity contribution in [3.05, 3.63) is 88.9 Å². The molecule has 0 amide bonds. The minimum absolute atomic E-state index is 0.0412. The third-order valence-electron chi connectivity index (χ3n) is 4.06. The first-order chi connectivity index (χ1) is 14.3. The molecule has 0 heterocycles. The van der Waals surface area contributed by atoms with Crippen LogP contribution in [0.25, 0.3) is 0 Å². The smallest absolute Gasteiger partial charge is 0.416 e. The van der Waals surface area contributed by atoms with Crippen LogP contribution in [0.4, 0.5) is 13.2 Å². The fourth-order valence-corrected chi connectivity index (χ4v) is 2.72. The van der Waals surface area contributed by atoms with E-state index >= 15 is 0 Å². The van der Waals surface area contributed by atoms with Crippen LogP contribution in [0.5, 0.6) is 17.2 Å². The summed E-state index contributed by atoms with van der Waals surface area (Å²) in [5, 5.41) is 0.521. The number of alkyl halides is 3. The van der Waals surface area contributed by atoms with Gasteiger partial charge in [-0.2, -0.15) is 13.2 Å². The van der Waals surface area contributed by atoms with Crippen LogP contribution in [0, 0.1) is 0 Å². The number of esters is 1. The van der Waals surface area contributed by atoms with Crippen LogP contribution < -0.4 is 9.47 Å². The van der Waals surface area contributed by atoms with E-state index in [4.69, 9.17) is 25.8 Å². The number of carbonyl (C=O) groups is 1. The lowest BCUT2D eigenvalue weighted by Gasteiger charge is -2.18. The molecule has 30 heavy (non-hydrogen) atoms. The summed E-state index contributed by atoms with van der Waals surface area (Å²) >= 11 is 5.85. The summed E-state index contributed by atoms with van der Waals surface area (Å²) in [6.45, 7) is 0. The van der Waals surface area contributed by atoms with Gasteiger partial charge in [-0.15, -0.1) is 0 Å². The minimum Gasteiger partial charge on any atom is -0.474 e. The van der Waals surface area contributed by atoms with Crippen LogP contribution in [0.1, 0.15) is 17.2 Å². The normalized spacial score (nSPS) is 12.2. The van der Waals surface area contributed by atoms with Gasteiger partial charge < -0.3 is 14.2 Å². The lowest BCUT2D eigenvalue weighted by Crippen LogP contribution is -2.20. The Bertz CT molecular complexity index is 1000. The van der Waals surface area contributed by atoms with E-state index in [1.54, 1.807) is 36.4 Å². The molecule has 0 spiro atoms. The molecule has 0 aliphatic rings. The predicted octanol–water partition coefficient (Wildman–Crippen LogP) is 6.44. The van der Waals surface area contributed by atoms with Crippen molar-refractivity contribution in [3.8, 4) is 17.2 Å². The topological polar surface area (TPSA) is 44.8 Å². The van der Waals surface area contributed by atoms with E-state index in [-0.39, 0.29) is 5.75 Å². The van der Waals surface area contributed by atoms with Gasteiger partial charge in [0.25, 0.3) is 0 Å². The molecule has 4 nitrogen and oxygen atoms in total. The summed E-state index contributed by atoms with van der Waals surface area (Å²) in [4.78, 5) is 12.2. The van der Waals surface area contributed by atoms with Crippen molar-refractivity contribution in [2.24, 2.45) is 0 Å². The number of carbonyl (C=O) groups excluding carboxylic acids is 1. The fourth-order valence-electron chi connectivity index (χ4n) is 2.59. The Morgan fingerprint density at radius 3 is 2.13 bits per heavy atom. The molecular weight excluding hydrogens is 421 g/mol. The molecule has 3 rings (SSSR count). The van der Waals surface area contributed by atoms with E-state index in [1.165, 1.54) is 31.4 Å². The molecule has 3 aromatic carbocycles. The van der Waals surface area contributed by atoms with Crippen LogP contribution in [0.2, 0.25) is 5.02 Å². The Balaban J connectivity index is 1.78. The van der Waals surface area contributed by atoms with Crippen LogP contribution in [0.3, 0.4) is 0 Å². The Morgan fingerprint density at radius 2 is 1.53 bits per heavy atom. The van der Waals surface area contributed by atoms with E-state index in [0.29, 0.717) is 22.1 Å². The van der Waals surface area contributed by atoms with E-state index in [2.05, 4.69) is 0 Å². The summed E-state index contributed by atoms with van der Waals surface area (Å²) in [6, 6.07) is 17.2. The Kier molecular flexibility index (Phi) is 6.52. The molecule has 0 aliphatic heterocycles. The highest BCUT2D eigenvalue weighted by Gasteiger charge is 2.30. The van der Waals surface area contributed by atoms with Crippen molar-refractivity contribution in [1.29, 1.82) is 0 Å². The minimum atomic E-state index is -4.46. The molecule has 0 fully saturated rings. The highest BCUT2D eigenvalue weighted by atomic mass is 35.5. The second-order valence-corrected chi connectivity index (χ2v) is 6.61. The summed E-state index contributed by atoms with van der Waals surface area (Å²) in [5.74, 6) is 0.142. The van der Waals surface area contributed by atoms with Crippen molar-refractivity contribution in [2.75, 3.05) is 7.11 Å². The Labute approximate surface area is 175 Å². The molecule has 0 bridgehead atoms. The Morgan fingerprint density at radius 1 is 0.900 bits per heavy atom. The van der Waals surface area contributed by atoms with Gasteiger partial charge in [0.05, 0.1) is 12.7 Å². The fraction of sp³-hybridized carbons (Fsp3) is 0.136. The summed E-state index contributed by atoms with van der Waals surface area (Å²) in [6.07, 6.45) is -5.51. The van der Waals surface area contributed by atoms with Gasteiger partial charge >= 0.3 is 12.1 Å². The predicted molar refractivity (Wildman–Crippen MR) is 105 cm³/mol. The lowest BCUT2D eigenvalue weighted by molar-refractivity contribution is -0.149. The average molecular weight is 437 g/mol. The van der Waals surface area contributed by atoms with Crippen molar-refractivity contribution >= 4 is 17.6 Å². The van der Waals surface area contributed by atoms with Gasteiger partial charge in [0, 0.05) is 10.6 Å². The second kappa shape index (κ2) is 9.09. The molecular formula is C22H16ClF3O4. The zero-order chi connectivity index (χ0) is 21.7. The van der Waals surface area contributed by atoms with E-state index in [9.17, 15) is 18.0 Å². The van der Waals surface area contributed by atoms with E-state index < -0.39 is 23.8 Å². The van der Waals surface area contributed by atoms with Gasteiger partial charge in [-0.05, 0) is 54.6 Å². The van der Waals surface area contributed by atoms with Crippen LogP contribution >= 0.6 is 11.6 Å². The molecule has 1 atom stereocenters. The number of halogens is 4. The summed E-state index contributed by atoms with van der Waals surface area (Å²) in [7, 11) is 1.24. The van der Waals surface area contributed by atoms with Gasteiger partial charge in [-0.3, -0.25) is 0 Å². The monoisotopic (exact) mass is 436 g/mol. The van der Waals surface area contributed by atoms with Gasteiger partial charge in [0.1, 0.15) is 17.2 Å². The van der Waals surface area contributed by atoms with Crippen molar-refractivity contribution < 1.29 is 32.2 Å². The van der Waals surface area contributed by atoms with Gasteiger partial charge in [0.2, 0.25) is 6.10 Å². The van der Waals surface area contributed by atoms with Crippen LogP contribution in [-0.4, -0.2) is 13.1 Å². The highest BCUT2D eigenvalue weighted by molar-refractivity contribution is 6.30.